The second-order valence-electron chi connectivity index (χ2n) is 6.18. The van der Waals surface area contributed by atoms with Crippen LogP contribution in [0.25, 0.3) is 0 Å². The number of nitro benzene ring substituents is 1. The van der Waals surface area contributed by atoms with Crippen molar-refractivity contribution < 1.29 is 9.72 Å². The third-order valence-corrected chi connectivity index (χ3v) is 4.16. The Morgan fingerprint density at radius 2 is 2.04 bits per heavy atom. The standard InChI is InChI=1S/C18H19N3O3/c1-12-3-2-4-13(9-12)11-20(15-6-7-15)18(22)14-5-8-16(19)17(10-14)21(23)24/h2-5,8-10,15H,6-7,11,19H2,1H3. The topological polar surface area (TPSA) is 89.5 Å². The van der Waals surface area contributed by atoms with E-state index in [9.17, 15) is 14.9 Å². The average Bonchev–Trinajstić information content (AvgIpc) is 3.37. The Morgan fingerprint density at radius 3 is 2.67 bits per heavy atom. The maximum absolute atomic E-state index is 12.9. The lowest BCUT2D eigenvalue weighted by atomic mass is 10.1. The highest BCUT2D eigenvalue weighted by atomic mass is 16.6. The Morgan fingerprint density at radius 1 is 1.29 bits per heavy atom. The highest BCUT2D eigenvalue weighted by molar-refractivity contribution is 5.96. The zero-order valence-corrected chi connectivity index (χ0v) is 13.4. The number of nitrogens with two attached hydrogens (primary N) is 1. The van der Waals surface area contributed by atoms with Gasteiger partial charge in [-0.05, 0) is 37.5 Å². The van der Waals surface area contributed by atoms with Gasteiger partial charge in [0.05, 0.1) is 4.92 Å². The summed E-state index contributed by atoms with van der Waals surface area (Å²) < 4.78 is 0. The molecule has 124 valence electrons. The van der Waals surface area contributed by atoms with Crippen LogP contribution in [0.15, 0.2) is 42.5 Å². The van der Waals surface area contributed by atoms with Crippen LogP contribution in [0.4, 0.5) is 11.4 Å². The molecule has 0 aromatic heterocycles. The van der Waals surface area contributed by atoms with Crippen molar-refractivity contribution >= 4 is 17.3 Å². The molecule has 0 saturated heterocycles. The van der Waals surface area contributed by atoms with Crippen molar-refractivity contribution in [1.29, 1.82) is 0 Å². The van der Waals surface area contributed by atoms with E-state index in [0.717, 1.165) is 24.0 Å². The first-order chi connectivity index (χ1) is 11.5. The number of aryl methyl sites for hydroxylation is 1. The maximum atomic E-state index is 12.9. The number of hydrogen-bond donors (Lipinski definition) is 1. The van der Waals surface area contributed by atoms with Crippen LogP contribution in [0.1, 0.15) is 34.3 Å². The van der Waals surface area contributed by atoms with E-state index in [1.54, 1.807) is 11.0 Å². The van der Waals surface area contributed by atoms with Gasteiger partial charge >= 0.3 is 0 Å². The van der Waals surface area contributed by atoms with Gasteiger partial charge in [0, 0.05) is 24.2 Å². The molecule has 1 aliphatic rings. The minimum Gasteiger partial charge on any atom is -0.393 e. The first-order valence-corrected chi connectivity index (χ1v) is 7.86. The van der Waals surface area contributed by atoms with Gasteiger partial charge in [0.1, 0.15) is 5.69 Å². The number of hydrogen-bond acceptors (Lipinski definition) is 4. The molecule has 1 amide bonds. The summed E-state index contributed by atoms with van der Waals surface area (Å²) >= 11 is 0. The van der Waals surface area contributed by atoms with Crippen molar-refractivity contribution in [2.75, 3.05) is 5.73 Å². The number of nitro groups is 1. The van der Waals surface area contributed by atoms with E-state index >= 15 is 0 Å². The van der Waals surface area contributed by atoms with E-state index in [1.165, 1.54) is 12.1 Å². The molecule has 6 heteroatoms. The minimum absolute atomic E-state index is 0.0632. The number of amides is 1. The number of nitrogen functional groups attached to an aromatic ring is 1. The fourth-order valence-corrected chi connectivity index (χ4v) is 2.76. The second-order valence-corrected chi connectivity index (χ2v) is 6.18. The maximum Gasteiger partial charge on any atom is 0.292 e. The van der Waals surface area contributed by atoms with Crippen molar-refractivity contribution in [3.63, 3.8) is 0 Å². The van der Waals surface area contributed by atoms with Crippen LogP contribution in [0.2, 0.25) is 0 Å². The van der Waals surface area contributed by atoms with E-state index in [4.69, 9.17) is 5.73 Å². The first kappa shape index (κ1) is 16.0. The van der Waals surface area contributed by atoms with Gasteiger partial charge in [0.2, 0.25) is 0 Å². The van der Waals surface area contributed by atoms with E-state index in [2.05, 4.69) is 0 Å². The summed E-state index contributed by atoms with van der Waals surface area (Å²) in [5.74, 6) is -0.192. The predicted octanol–water partition coefficient (Wildman–Crippen LogP) is 3.29. The molecule has 0 heterocycles. The van der Waals surface area contributed by atoms with Gasteiger partial charge < -0.3 is 10.6 Å². The van der Waals surface area contributed by atoms with Crippen LogP contribution in [-0.4, -0.2) is 21.8 Å². The lowest BCUT2D eigenvalue weighted by Crippen LogP contribution is -2.32. The molecule has 0 radical (unpaired) electrons. The van der Waals surface area contributed by atoms with Gasteiger partial charge in [-0.25, -0.2) is 0 Å². The molecule has 0 unspecified atom stereocenters. The number of benzene rings is 2. The summed E-state index contributed by atoms with van der Waals surface area (Å²) in [4.78, 5) is 25.1. The molecule has 0 spiro atoms. The normalized spacial score (nSPS) is 13.5. The molecule has 3 rings (SSSR count). The number of anilines is 1. The van der Waals surface area contributed by atoms with Gasteiger partial charge in [0.15, 0.2) is 0 Å². The Labute approximate surface area is 140 Å². The van der Waals surface area contributed by atoms with Crippen LogP contribution >= 0.6 is 0 Å². The molecule has 1 aliphatic carbocycles. The predicted molar refractivity (Wildman–Crippen MR) is 91.6 cm³/mol. The number of rotatable bonds is 5. The fraction of sp³-hybridized carbons (Fsp3) is 0.278. The third-order valence-electron chi connectivity index (χ3n) is 4.16. The van der Waals surface area contributed by atoms with E-state index in [0.29, 0.717) is 12.1 Å². The van der Waals surface area contributed by atoms with Crippen LogP contribution in [0.3, 0.4) is 0 Å². The molecule has 2 N–H and O–H groups in total. The lowest BCUT2D eigenvalue weighted by Gasteiger charge is -2.23. The summed E-state index contributed by atoms with van der Waals surface area (Å²) in [6.45, 7) is 2.51. The van der Waals surface area contributed by atoms with Crippen molar-refractivity contribution in [3.8, 4) is 0 Å². The molecule has 1 saturated carbocycles. The molecular weight excluding hydrogens is 306 g/mol. The minimum atomic E-state index is -0.561. The monoisotopic (exact) mass is 325 g/mol. The summed E-state index contributed by atoms with van der Waals surface area (Å²) in [6.07, 6.45) is 1.93. The van der Waals surface area contributed by atoms with Gasteiger partial charge in [-0.3, -0.25) is 14.9 Å². The van der Waals surface area contributed by atoms with Gasteiger partial charge in [-0.15, -0.1) is 0 Å². The largest absolute Gasteiger partial charge is 0.393 e. The molecule has 1 fully saturated rings. The molecule has 24 heavy (non-hydrogen) atoms. The Bertz CT molecular complexity index is 800. The van der Waals surface area contributed by atoms with Crippen LogP contribution in [0, 0.1) is 17.0 Å². The van der Waals surface area contributed by atoms with E-state index in [1.807, 2.05) is 31.2 Å². The second kappa shape index (κ2) is 6.31. The number of carbonyl (C=O) groups excluding carboxylic acids is 1. The third kappa shape index (κ3) is 3.37. The van der Waals surface area contributed by atoms with Crippen LogP contribution in [0.5, 0.6) is 0 Å². The molecule has 0 aliphatic heterocycles. The first-order valence-electron chi connectivity index (χ1n) is 7.86. The molecule has 2 aromatic rings. The summed E-state index contributed by atoms with van der Waals surface area (Å²) in [5, 5.41) is 11.0. The van der Waals surface area contributed by atoms with Crippen LogP contribution < -0.4 is 5.73 Å². The van der Waals surface area contributed by atoms with E-state index < -0.39 is 4.92 Å². The fourth-order valence-electron chi connectivity index (χ4n) is 2.76. The Hall–Kier alpha value is -2.89. The molecule has 0 bridgehead atoms. The number of nitrogens with zero attached hydrogens (tertiary/aromatic N) is 2. The zero-order valence-electron chi connectivity index (χ0n) is 13.4. The van der Waals surface area contributed by atoms with Gasteiger partial charge in [0.25, 0.3) is 11.6 Å². The smallest absolute Gasteiger partial charge is 0.292 e. The van der Waals surface area contributed by atoms with Crippen molar-refractivity contribution in [2.45, 2.75) is 32.4 Å². The van der Waals surface area contributed by atoms with Gasteiger partial charge in [-0.2, -0.15) is 0 Å². The zero-order chi connectivity index (χ0) is 17.3. The average molecular weight is 325 g/mol. The number of carbonyl (C=O) groups is 1. The summed E-state index contributed by atoms with van der Waals surface area (Å²) in [6, 6.07) is 12.5. The summed E-state index contributed by atoms with van der Waals surface area (Å²) in [5.41, 5.74) is 7.94. The highest BCUT2D eigenvalue weighted by Gasteiger charge is 2.33. The van der Waals surface area contributed by atoms with E-state index in [-0.39, 0.29) is 23.3 Å². The van der Waals surface area contributed by atoms with Crippen molar-refractivity contribution in [1.82, 2.24) is 4.90 Å². The highest BCUT2D eigenvalue weighted by Crippen LogP contribution is 2.31. The van der Waals surface area contributed by atoms with Crippen molar-refractivity contribution in [3.05, 3.63) is 69.3 Å². The molecular formula is C18H19N3O3. The lowest BCUT2D eigenvalue weighted by molar-refractivity contribution is -0.383. The molecule has 6 nitrogen and oxygen atoms in total. The SMILES string of the molecule is Cc1cccc(CN(C(=O)c2ccc(N)c([N+](=O)[O-])c2)C2CC2)c1. The van der Waals surface area contributed by atoms with Gasteiger partial charge in [-0.1, -0.05) is 29.8 Å². The Kier molecular flexibility index (Phi) is 4.20. The molecule has 2 aromatic carbocycles. The van der Waals surface area contributed by atoms with Crippen LogP contribution in [-0.2, 0) is 6.54 Å². The summed E-state index contributed by atoms with van der Waals surface area (Å²) in [7, 11) is 0. The Balaban J connectivity index is 1.88. The van der Waals surface area contributed by atoms with Crippen molar-refractivity contribution in [2.24, 2.45) is 0 Å². The quantitative estimate of drug-likeness (QED) is 0.519. The molecule has 0 atom stereocenters.